The smallest absolute Gasteiger partial charge is 0.396 e. The Balaban J connectivity index is 3.67. The summed E-state index contributed by atoms with van der Waals surface area (Å²) in [6.45, 7) is -0.923. The molecular formula is C7H15F3N2O. The third-order valence-electron chi connectivity index (χ3n) is 1.50. The minimum Gasteiger partial charge on any atom is -0.396 e. The number of rotatable bonds is 5. The van der Waals surface area contributed by atoms with Gasteiger partial charge >= 0.3 is 6.18 Å². The van der Waals surface area contributed by atoms with Crippen molar-refractivity contribution in [2.45, 2.75) is 18.6 Å². The number of likely N-dealkylation sites (N-methyl/N-ethyl adjacent to an activating group) is 1. The lowest BCUT2D eigenvalue weighted by atomic mass is 10.2. The van der Waals surface area contributed by atoms with E-state index in [4.69, 9.17) is 10.8 Å². The van der Waals surface area contributed by atoms with Crippen LogP contribution in [0.15, 0.2) is 0 Å². The lowest BCUT2D eigenvalue weighted by Gasteiger charge is -2.21. The molecule has 0 rings (SSSR count). The first-order valence-electron chi connectivity index (χ1n) is 3.97. The Bertz CT molecular complexity index is 140. The van der Waals surface area contributed by atoms with E-state index in [1.54, 1.807) is 0 Å². The quantitative estimate of drug-likeness (QED) is 0.666. The minimum atomic E-state index is -4.19. The molecule has 1 unspecified atom stereocenters. The van der Waals surface area contributed by atoms with Crippen LogP contribution < -0.4 is 5.73 Å². The summed E-state index contributed by atoms with van der Waals surface area (Å²) in [5.74, 6) is 0. The standard InChI is InChI=1S/C7H15F3N2O/c1-12(5-7(8,9)10)4-6(11)2-3-13/h6,13H,2-5,11H2,1H3. The Hall–Kier alpha value is -0.330. The second-order valence-corrected chi connectivity index (χ2v) is 3.08. The molecule has 80 valence electrons. The molecule has 0 saturated carbocycles. The zero-order valence-corrected chi connectivity index (χ0v) is 7.51. The third kappa shape index (κ3) is 8.01. The van der Waals surface area contributed by atoms with Gasteiger partial charge in [0, 0.05) is 19.2 Å². The highest BCUT2D eigenvalue weighted by Crippen LogP contribution is 2.15. The number of hydrogen-bond acceptors (Lipinski definition) is 3. The van der Waals surface area contributed by atoms with Gasteiger partial charge in [-0.3, -0.25) is 4.90 Å². The number of nitrogens with two attached hydrogens (primary N) is 1. The second-order valence-electron chi connectivity index (χ2n) is 3.08. The van der Waals surface area contributed by atoms with E-state index in [1.807, 2.05) is 0 Å². The van der Waals surface area contributed by atoms with Gasteiger partial charge in [-0.2, -0.15) is 13.2 Å². The summed E-state index contributed by atoms with van der Waals surface area (Å²) < 4.78 is 35.4. The summed E-state index contributed by atoms with van der Waals surface area (Å²) in [4.78, 5) is 1.10. The Morgan fingerprint density at radius 3 is 2.38 bits per heavy atom. The number of nitrogens with zero attached hydrogens (tertiary/aromatic N) is 1. The molecule has 0 amide bonds. The normalized spacial score (nSPS) is 15.0. The van der Waals surface area contributed by atoms with E-state index in [-0.39, 0.29) is 13.2 Å². The molecule has 3 N–H and O–H groups in total. The van der Waals surface area contributed by atoms with E-state index < -0.39 is 18.8 Å². The molecule has 3 nitrogen and oxygen atoms in total. The monoisotopic (exact) mass is 200 g/mol. The van der Waals surface area contributed by atoms with Gasteiger partial charge in [0.1, 0.15) is 0 Å². The molecule has 0 spiro atoms. The van der Waals surface area contributed by atoms with Gasteiger partial charge in [0.15, 0.2) is 0 Å². The van der Waals surface area contributed by atoms with E-state index in [1.165, 1.54) is 7.05 Å². The highest BCUT2D eigenvalue weighted by Gasteiger charge is 2.29. The molecule has 0 aromatic heterocycles. The van der Waals surface area contributed by atoms with Gasteiger partial charge in [-0.05, 0) is 13.5 Å². The van der Waals surface area contributed by atoms with Crippen LogP contribution in [0.3, 0.4) is 0 Å². The molecule has 0 saturated heterocycles. The van der Waals surface area contributed by atoms with Crippen LogP contribution in [0.4, 0.5) is 13.2 Å². The van der Waals surface area contributed by atoms with Crippen LogP contribution in [0.5, 0.6) is 0 Å². The number of alkyl halides is 3. The van der Waals surface area contributed by atoms with Crippen molar-refractivity contribution in [2.75, 3.05) is 26.7 Å². The first-order chi connectivity index (χ1) is 5.85. The van der Waals surface area contributed by atoms with Crippen LogP contribution in [0.1, 0.15) is 6.42 Å². The van der Waals surface area contributed by atoms with E-state index in [0.717, 1.165) is 4.90 Å². The van der Waals surface area contributed by atoms with Crippen LogP contribution in [-0.2, 0) is 0 Å². The predicted molar refractivity (Wildman–Crippen MR) is 43.2 cm³/mol. The number of aliphatic hydroxyl groups excluding tert-OH is 1. The first-order valence-corrected chi connectivity index (χ1v) is 3.97. The first kappa shape index (κ1) is 12.7. The van der Waals surface area contributed by atoms with Crippen LogP contribution in [0.2, 0.25) is 0 Å². The van der Waals surface area contributed by atoms with Gasteiger partial charge < -0.3 is 10.8 Å². The molecule has 0 radical (unpaired) electrons. The maximum atomic E-state index is 11.8. The molecule has 0 fully saturated rings. The van der Waals surface area contributed by atoms with Crippen LogP contribution >= 0.6 is 0 Å². The molecule has 1 atom stereocenters. The number of hydrogen-bond donors (Lipinski definition) is 2. The zero-order valence-electron chi connectivity index (χ0n) is 7.51. The molecule has 0 bridgehead atoms. The molecular weight excluding hydrogens is 185 g/mol. The molecule has 0 aliphatic rings. The highest BCUT2D eigenvalue weighted by molar-refractivity contribution is 4.67. The molecule has 0 aliphatic heterocycles. The highest BCUT2D eigenvalue weighted by atomic mass is 19.4. The minimum absolute atomic E-state index is 0.0962. The van der Waals surface area contributed by atoms with E-state index >= 15 is 0 Å². The van der Waals surface area contributed by atoms with Crippen molar-refractivity contribution in [2.24, 2.45) is 5.73 Å². The van der Waals surface area contributed by atoms with Crippen molar-refractivity contribution >= 4 is 0 Å². The lowest BCUT2D eigenvalue weighted by molar-refractivity contribution is -0.143. The Kier molecular flexibility index (Phi) is 5.27. The van der Waals surface area contributed by atoms with E-state index in [0.29, 0.717) is 6.42 Å². The van der Waals surface area contributed by atoms with E-state index in [2.05, 4.69) is 0 Å². The third-order valence-corrected chi connectivity index (χ3v) is 1.50. The van der Waals surface area contributed by atoms with E-state index in [9.17, 15) is 13.2 Å². The van der Waals surface area contributed by atoms with Crippen molar-refractivity contribution in [3.8, 4) is 0 Å². The summed E-state index contributed by atoms with van der Waals surface area (Å²) >= 11 is 0. The molecule has 0 heterocycles. The maximum Gasteiger partial charge on any atom is 0.401 e. The van der Waals surface area contributed by atoms with Crippen LogP contribution in [-0.4, -0.2) is 49.0 Å². The molecule has 13 heavy (non-hydrogen) atoms. The average Bonchev–Trinajstić information content (AvgIpc) is 1.81. The largest absolute Gasteiger partial charge is 0.401 e. The Morgan fingerprint density at radius 1 is 1.46 bits per heavy atom. The van der Waals surface area contributed by atoms with Gasteiger partial charge in [0.2, 0.25) is 0 Å². The zero-order chi connectivity index (χ0) is 10.5. The summed E-state index contributed by atoms with van der Waals surface area (Å²) in [5.41, 5.74) is 5.43. The second kappa shape index (κ2) is 5.41. The Morgan fingerprint density at radius 2 is 2.00 bits per heavy atom. The summed E-state index contributed by atoms with van der Waals surface area (Å²) in [7, 11) is 1.35. The van der Waals surface area contributed by atoms with Crippen molar-refractivity contribution < 1.29 is 18.3 Å². The molecule has 0 aromatic rings. The summed E-state index contributed by atoms with van der Waals surface area (Å²) in [5, 5.41) is 8.46. The predicted octanol–water partition coefficient (Wildman–Crippen LogP) is 0.190. The van der Waals surface area contributed by atoms with Crippen molar-refractivity contribution in [3.63, 3.8) is 0 Å². The fourth-order valence-corrected chi connectivity index (χ4v) is 1.03. The average molecular weight is 200 g/mol. The topological polar surface area (TPSA) is 49.5 Å². The Labute approximate surface area is 75.3 Å². The van der Waals surface area contributed by atoms with Crippen molar-refractivity contribution in [1.29, 1.82) is 0 Å². The SMILES string of the molecule is CN(CC(N)CCO)CC(F)(F)F. The number of halogens is 3. The van der Waals surface area contributed by atoms with Crippen molar-refractivity contribution in [3.05, 3.63) is 0 Å². The van der Waals surface area contributed by atoms with Gasteiger partial charge in [0.05, 0.1) is 6.54 Å². The van der Waals surface area contributed by atoms with Crippen molar-refractivity contribution in [1.82, 2.24) is 4.90 Å². The van der Waals surface area contributed by atoms with Gasteiger partial charge in [-0.25, -0.2) is 0 Å². The molecule has 0 aromatic carbocycles. The fraction of sp³-hybridized carbons (Fsp3) is 1.00. The van der Waals surface area contributed by atoms with Gasteiger partial charge in [0.25, 0.3) is 0 Å². The number of aliphatic hydroxyl groups is 1. The summed E-state index contributed by atoms with van der Waals surface area (Å²) in [6, 6.07) is -0.405. The van der Waals surface area contributed by atoms with Gasteiger partial charge in [-0.15, -0.1) is 0 Å². The molecule has 6 heteroatoms. The van der Waals surface area contributed by atoms with Gasteiger partial charge in [-0.1, -0.05) is 0 Å². The fourth-order valence-electron chi connectivity index (χ4n) is 1.03. The maximum absolute atomic E-state index is 11.8. The van der Waals surface area contributed by atoms with Crippen LogP contribution in [0.25, 0.3) is 0 Å². The molecule has 0 aliphatic carbocycles. The lowest BCUT2D eigenvalue weighted by Crippen LogP contribution is -2.40. The van der Waals surface area contributed by atoms with Crippen LogP contribution in [0, 0.1) is 0 Å². The summed E-state index contributed by atoms with van der Waals surface area (Å²) in [6.07, 6.45) is -3.87.